The molecule has 0 spiro atoms. The van der Waals surface area contributed by atoms with Gasteiger partial charge < -0.3 is 15.4 Å². The summed E-state index contributed by atoms with van der Waals surface area (Å²) in [5, 5.41) is 7.31. The van der Waals surface area contributed by atoms with Gasteiger partial charge in [0.25, 0.3) is 0 Å². The molecule has 0 unspecified atom stereocenters. The second kappa shape index (κ2) is 7.82. The van der Waals surface area contributed by atoms with Crippen LogP contribution in [0.3, 0.4) is 0 Å². The van der Waals surface area contributed by atoms with Crippen LogP contribution in [0.4, 0.5) is 11.4 Å². The molecule has 2 aromatic carbocycles. The Bertz CT molecular complexity index is 1000. The van der Waals surface area contributed by atoms with Gasteiger partial charge in [0.1, 0.15) is 5.75 Å². The summed E-state index contributed by atoms with van der Waals surface area (Å²) in [5.74, 6) is 1.09. The molecule has 0 aromatic heterocycles. The summed E-state index contributed by atoms with van der Waals surface area (Å²) >= 11 is 0. The molecule has 2 aliphatic rings. The Morgan fingerprint density at radius 3 is 2.37 bits per heavy atom. The van der Waals surface area contributed by atoms with Gasteiger partial charge in [0.05, 0.1) is 24.0 Å². The first-order valence-corrected chi connectivity index (χ1v) is 10.9. The molecule has 1 aliphatic heterocycles. The van der Waals surface area contributed by atoms with E-state index in [0.29, 0.717) is 13.0 Å². The lowest BCUT2D eigenvalue weighted by Crippen LogP contribution is -2.31. The Morgan fingerprint density at radius 1 is 1.03 bits per heavy atom. The average molecular weight is 405 g/mol. The fourth-order valence-corrected chi connectivity index (χ4v) is 4.44. The van der Waals surface area contributed by atoms with Crippen LogP contribution in [0.1, 0.15) is 62.8 Å². The van der Waals surface area contributed by atoms with E-state index in [0.717, 1.165) is 46.8 Å². The highest BCUT2D eigenvalue weighted by Gasteiger charge is 2.38. The molecule has 0 fully saturated rings. The standard InChI is InChI=1S/C26H32N2O2/c1-6-11-30-19-9-7-18(8-10-19)25-24-22(14-26(4,5)15-23(24)29)27-20-12-16(2)17(3)13-21(20)28-25/h7-10,12-13,25,27-28H,6,11,14-15H2,1-5H3/t25-/m0/s1. The lowest BCUT2D eigenvalue weighted by Gasteiger charge is -2.34. The minimum Gasteiger partial charge on any atom is -0.494 e. The maximum Gasteiger partial charge on any atom is 0.163 e. The van der Waals surface area contributed by atoms with E-state index in [1.54, 1.807) is 0 Å². The molecule has 30 heavy (non-hydrogen) atoms. The van der Waals surface area contributed by atoms with Gasteiger partial charge in [-0.25, -0.2) is 0 Å². The first kappa shape index (κ1) is 20.5. The number of hydrogen-bond donors (Lipinski definition) is 2. The molecule has 0 saturated heterocycles. The van der Waals surface area contributed by atoms with E-state index in [-0.39, 0.29) is 17.2 Å². The molecule has 4 rings (SSSR count). The van der Waals surface area contributed by atoms with Gasteiger partial charge in [-0.05, 0) is 73.1 Å². The van der Waals surface area contributed by atoms with E-state index >= 15 is 0 Å². The number of nitrogens with one attached hydrogen (secondary N) is 2. The summed E-state index contributed by atoms with van der Waals surface area (Å²) in [6.45, 7) is 11.4. The molecule has 158 valence electrons. The minimum atomic E-state index is -0.181. The van der Waals surface area contributed by atoms with Crippen molar-refractivity contribution in [1.82, 2.24) is 0 Å². The highest BCUT2D eigenvalue weighted by molar-refractivity contribution is 6.01. The highest BCUT2D eigenvalue weighted by atomic mass is 16.5. The molecule has 0 amide bonds. The Balaban J connectivity index is 1.80. The number of aryl methyl sites for hydroxylation is 2. The highest BCUT2D eigenvalue weighted by Crippen LogP contribution is 2.46. The van der Waals surface area contributed by atoms with Crippen molar-refractivity contribution in [3.8, 4) is 5.75 Å². The lowest BCUT2D eigenvalue weighted by atomic mass is 9.73. The Labute approximate surface area is 179 Å². The number of carbonyl (C=O) groups is 1. The van der Waals surface area contributed by atoms with Gasteiger partial charge >= 0.3 is 0 Å². The minimum absolute atomic E-state index is 0.0461. The van der Waals surface area contributed by atoms with E-state index in [1.165, 1.54) is 11.1 Å². The fourth-order valence-electron chi connectivity index (χ4n) is 4.44. The predicted molar refractivity (Wildman–Crippen MR) is 123 cm³/mol. The topological polar surface area (TPSA) is 50.4 Å². The summed E-state index contributed by atoms with van der Waals surface area (Å²) in [6, 6.07) is 12.3. The number of fused-ring (bicyclic) bond motifs is 1. The molecule has 1 atom stereocenters. The van der Waals surface area contributed by atoms with Crippen LogP contribution >= 0.6 is 0 Å². The Kier molecular flexibility index (Phi) is 5.35. The van der Waals surface area contributed by atoms with Gasteiger partial charge in [-0.15, -0.1) is 0 Å². The van der Waals surface area contributed by atoms with Crippen molar-refractivity contribution in [3.05, 3.63) is 64.4 Å². The monoisotopic (exact) mass is 404 g/mol. The number of ketones is 1. The number of carbonyl (C=O) groups excluding carboxylic acids is 1. The van der Waals surface area contributed by atoms with Gasteiger partial charge in [0.2, 0.25) is 0 Å². The zero-order valence-electron chi connectivity index (χ0n) is 18.7. The van der Waals surface area contributed by atoms with Gasteiger partial charge in [-0.1, -0.05) is 32.9 Å². The number of benzene rings is 2. The van der Waals surface area contributed by atoms with Crippen LogP contribution in [0.5, 0.6) is 5.75 Å². The van der Waals surface area contributed by atoms with Crippen LogP contribution in [-0.2, 0) is 4.79 Å². The third kappa shape index (κ3) is 3.96. The van der Waals surface area contributed by atoms with E-state index in [4.69, 9.17) is 4.74 Å². The fraction of sp³-hybridized carbons (Fsp3) is 0.423. The average Bonchev–Trinajstić information content (AvgIpc) is 2.83. The molecule has 0 radical (unpaired) electrons. The molecule has 1 aliphatic carbocycles. The molecule has 2 N–H and O–H groups in total. The van der Waals surface area contributed by atoms with E-state index in [9.17, 15) is 4.79 Å². The molecular weight excluding hydrogens is 372 g/mol. The van der Waals surface area contributed by atoms with E-state index < -0.39 is 0 Å². The van der Waals surface area contributed by atoms with Gasteiger partial charge in [-0.2, -0.15) is 0 Å². The zero-order valence-corrected chi connectivity index (χ0v) is 18.7. The number of Topliss-reactive ketones (excluding diaryl/α,β-unsaturated/α-hetero) is 1. The van der Waals surface area contributed by atoms with Crippen molar-refractivity contribution in [2.75, 3.05) is 17.2 Å². The van der Waals surface area contributed by atoms with Crippen LogP contribution < -0.4 is 15.4 Å². The first-order chi connectivity index (χ1) is 14.3. The number of anilines is 2. The van der Waals surface area contributed by atoms with Crippen molar-refractivity contribution in [1.29, 1.82) is 0 Å². The number of ether oxygens (including phenoxy) is 1. The molecule has 0 saturated carbocycles. The van der Waals surface area contributed by atoms with Crippen molar-refractivity contribution in [3.63, 3.8) is 0 Å². The summed E-state index contributed by atoms with van der Waals surface area (Å²) in [6.07, 6.45) is 2.40. The molecule has 4 nitrogen and oxygen atoms in total. The van der Waals surface area contributed by atoms with E-state index in [1.807, 2.05) is 12.1 Å². The van der Waals surface area contributed by atoms with Crippen molar-refractivity contribution >= 4 is 17.2 Å². The smallest absolute Gasteiger partial charge is 0.163 e. The third-order valence-electron chi connectivity index (χ3n) is 6.11. The van der Waals surface area contributed by atoms with Crippen LogP contribution in [0.15, 0.2) is 47.7 Å². The molecule has 0 bridgehead atoms. The van der Waals surface area contributed by atoms with Gasteiger partial charge in [-0.3, -0.25) is 4.79 Å². The van der Waals surface area contributed by atoms with Crippen LogP contribution in [-0.4, -0.2) is 12.4 Å². The number of hydrogen-bond acceptors (Lipinski definition) is 4. The van der Waals surface area contributed by atoms with Crippen molar-refractivity contribution < 1.29 is 9.53 Å². The number of rotatable bonds is 4. The van der Waals surface area contributed by atoms with Gasteiger partial charge in [0.15, 0.2) is 5.78 Å². The maximum absolute atomic E-state index is 13.3. The Hall–Kier alpha value is -2.75. The van der Waals surface area contributed by atoms with Crippen LogP contribution in [0, 0.1) is 19.3 Å². The molecule has 1 heterocycles. The normalized spacial score (nSPS) is 19.9. The summed E-state index contributed by atoms with van der Waals surface area (Å²) < 4.78 is 5.75. The van der Waals surface area contributed by atoms with Crippen LogP contribution in [0.25, 0.3) is 0 Å². The summed E-state index contributed by atoms with van der Waals surface area (Å²) in [4.78, 5) is 13.3. The SMILES string of the molecule is CCCOc1ccc([C@@H]2Nc3cc(C)c(C)cc3NC3=C2C(=O)CC(C)(C)C3)cc1. The summed E-state index contributed by atoms with van der Waals surface area (Å²) in [7, 11) is 0. The second-order valence-corrected chi connectivity index (χ2v) is 9.44. The third-order valence-corrected chi connectivity index (χ3v) is 6.11. The Morgan fingerprint density at radius 2 is 1.70 bits per heavy atom. The molecule has 2 aromatic rings. The van der Waals surface area contributed by atoms with Gasteiger partial charge in [0, 0.05) is 17.7 Å². The lowest BCUT2D eigenvalue weighted by molar-refractivity contribution is -0.118. The van der Waals surface area contributed by atoms with Crippen molar-refractivity contribution in [2.45, 2.75) is 59.9 Å². The maximum atomic E-state index is 13.3. The quantitative estimate of drug-likeness (QED) is 0.626. The predicted octanol–water partition coefficient (Wildman–Crippen LogP) is 6.31. The molecular formula is C26H32N2O2. The summed E-state index contributed by atoms with van der Waals surface area (Å²) in [5.41, 5.74) is 7.49. The zero-order chi connectivity index (χ0) is 21.5. The van der Waals surface area contributed by atoms with E-state index in [2.05, 4.69) is 69.5 Å². The number of allylic oxidation sites excluding steroid dienone is 1. The largest absolute Gasteiger partial charge is 0.494 e. The van der Waals surface area contributed by atoms with Crippen molar-refractivity contribution in [2.24, 2.45) is 5.41 Å². The van der Waals surface area contributed by atoms with Crippen LogP contribution in [0.2, 0.25) is 0 Å². The molecule has 4 heteroatoms. The second-order valence-electron chi connectivity index (χ2n) is 9.44. The first-order valence-electron chi connectivity index (χ1n) is 10.9.